The molecule has 0 aliphatic rings. The fourth-order valence-electron chi connectivity index (χ4n) is 2.08. The van der Waals surface area contributed by atoms with Crippen molar-refractivity contribution in [2.24, 2.45) is 0 Å². The number of benzene rings is 2. The van der Waals surface area contributed by atoms with E-state index in [0.717, 1.165) is 16.7 Å². The van der Waals surface area contributed by atoms with Gasteiger partial charge in [-0.15, -0.1) is 0 Å². The number of hydrogen-bond donors (Lipinski definition) is 0. The van der Waals surface area contributed by atoms with Crippen molar-refractivity contribution in [3.63, 3.8) is 0 Å². The zero-order chi connectivity index (χ0) is 14.5. The molecule has 0 saturated carbocycles. The zero-order valence-electron chi connectivity index (χ0n) is 11.4. The highest BCUT2D eigenvalue weighted by atomic mass is 35.5. The maximum absolute atomic E-state index is 11.9. The van der Waals surface area contributed by atoms with Crippen LogP contribution in [0.3, 0.4) is 0 Å². The third-order valence-electron chi connectivity index (χ3n) is 3.06. The molecular formula is C17H15ClO2. The van der Waals surface area contributed by atoms with Gasteiger partial charge in [0.15, 0.2) is 0 Å². The van der Waals surface area contributed by atoms with Gasteiger partial charge in [-0.1, -0.05) is 54.1 Å². The predicted molar refractivity (Wildman–Crippen MR) is 81.6 cm³/mol. The molecule has 2 aromatic carbocycles. The zero-order valence-corrected chi connectivity index (χ0v) is 12.1. The maximum Gasteiger partial charge on any atom is 0.334 e. The Hall–Kier alpha value is -2.06. The molecule has 2 rings (SSSR count). The Kier molecular flexibility index (Phi) is 4.59. The quantitative estimate of drug-likeness (QED) is 0.620. The van der Waals surface area contributed by atoms with Crippen LogP contribution in [0.1, 0.15) is 18.1 Å². The minimum Gasteiger partial charge on any atom is -0.466 e. The standard InChI is InChI=1S/C17H15ClO2/c1-12(17(19)20-2)16(13-6-4-3-5-7-13)14-8-10-15(18)11-9-14/h3-11H,1-2H3/b16-12+. The van der Waals surface area contributed by atoms with Gasteiger partial charge in [0.1, 0.15) is 0 Å². The number of halogens is 1. The second kappa shape index (κ2) is 6.40. The van der Waals surface area contributed by atoms with Crippen LogP contribution in [0.15, 0.2) is 60.2 Å². The fraction of sp³-hybridized carbons (Fsp3) is 0.118. The van der Waals surface area contributed by atoms with Crippen LogP contribution in [-0.2, 0) is 9.53 Å². The van der Waals surface area contributed by atoms with Crippen LogP contribution in [-0.4, -0.2) is 13.1 Å². The summed E-state index contributed by atoms with van der Waals surface area (Å²) < 4.78 is 4.84. The van der Waals surface area contributed by atoms with Crippen LogP contribution in [0.5, 0.6) is 0 Å². The van der Waals surface area contributed by atoms with E-state index in [0.29, 0.717) is 10.6 Å². The van der Waals surface area contributed by atoms with Crippen molar-refractivity contribution < 1.29 is 9.53 Å². The van der Waals surface area contributed by atoms with E-state index in [1.165, 1.54) is 7.11 Å². The lowest BCUT2D eigenvalue weighted by Gasteiger charge is -2.12. The first kappa shape index (κ1) is 14.4. The molecule has 0 spiro atoms. The van der Waals surface area contributed by atoms with Gasteiger partial charge in [0.25, 0.3) is 0 Å². The van der Waals surface area contributed by atoms with Gasteiger partial charge in [0.2, 0.25) is 0 Å². The Bertz CT molecular complexity index is 628. The molecular weight excluding hydrogens is 272 g/mol. The van der Waals surface area contributed by atoms with Crippen molar-refractivity contribution in [2.75, 3.05) is 7.11 Å². The molecule has 0 amide bonds. The summed E-state index contributed by atoms with van der Waals surface area (Å²) in [7, 11) is 1.39. The summed E-state index contributed by atoms with van der Waals surface area (Å²) in [6.45, 7) is 1.77. The molecule has 0 aromatic heterocycles. The molecule has 3 heteroatoms. The monoisotopic (exact) mass is 286 g/mol. The van der Waals surface area contributed by atoms with Crippen molar-refractivity contribution in [1.82, 2.24) is 0 Å². The Labute approximate surface area is 123 Å². The molecule has 0 fully saturated rings. The van der Waals surface area contributed by atoms with Gasteiger partial charge in [0.05, 0.1) is 7.11 Å². The lowest BCUT2D eigenvalue weighted by molar-refractivity contribution is -0.135. The summed E-state index contributed by atoms with van der Waals surface area (Å²) in [4.78, 5) is 11.9. The van der Waals surface area contributed by atoms with Crippen molar-refractivity contribution in [1.29, 1.82) is 0 Å². The van der Waals surface area contributed by atoms with Gasteiger partial charge >= 0.3 is 5.97 Å². The lowest BCUT2D eigenvalue weighted by atomic mass is 9.93. The molecule has 2 aromatic rings. The normalized spacial score (nSPS) is 11.8. The molecule has 0 N–H and O–H groups in total. The Balaban J connectivity index is 2.62. The molecule has 0 bridgehead atoms. The van der Waals surface area contributed by atoms with Crippen LogP contribution in [0.25, 0.3) is 5.57 Å². The van der Waals surface area contributed by atoms with Crippen LogP contribution < -0.4 is 0 Å². The topological polar surface area (TPSA) is 26.3 Å². The summed E-state index contributed by atoms with van der Waals surface area (Å²) in [6.07, 6.45) is 0. The number of ether oxygens (including phenoxy) is 1. The first-order chi connectivity index (χ1) is 9.63. The minimum atomic E-state index is -0.334. The summed E-state index contributed by atoms with van der Waals surface area (Å²) in [6, 6.07) is 17.2. The molecule has 0 aliphatic heterocycles. The molecule has 0 saturated heterocycles. The van der Waals surface area contributed by atoms with Gasteiger partial charge in [0, 0.05) is 10.6 Å². The van der Waals surface area contributed by atoms with E-state index in [4.69, 9.17) is 16.3 Å². The number of methoxy groups -OCH3 is 1. The molecule has 0 heterocycles. The minimum absolute atomic E-state index is 0.334. The van der Waals surface area contributed by atoms with Crippen molar-refractivity contribution >= 4 is 23.1 Å². The average molecular weight is 287 g/mol. The van der Waals surface area contributed by atoms with Crippen molar-refractivity contribution in [2.45, 2.75) is 6.92 Å². The largest absolute Gasteiger partial charge is 0.466 e. The molecule has 20 heavy (non-hydrogen) atoms. The van der Waals surface area contributed by atoms with Gasteiger partial charge < -0.3 is 4.74 Å². The van der Waals surface area contributed by atoms with E-state index in [2.05, 4.69) is 0 Å². The molecule has 0 radical (unpaired) electrons. The Morgan fingerprint density at radius 2 is 1.50 bits per heavy atom. The number of rotatable bonds is 3. The van der Waals surface area contributed by atoms with Crippen molar-refractivity contribution in [3.05, 3.63) is 76.3 Å². The van der Waals surface area contributed by atoms with E-state index in [9.17, 15) is 4.79 Å². The first-order valence-corrected chi connectivity index (χ1v) is 6.62. The number of carbonyl (C=O) groups is 1. The highest BCUT2D eigenvalue weighted by Gasteiger charge is 2.14. The number of hydrogen-bond acceptors (Lipinski definition) is 2. The second-order valence-electron chi connectivity index (χ2n) is 4.36. The SMILES string of the molecule is COC(=O)/C(C)=C(\c1ccccc1)c1ccc(Cl)cc1. The highest BCUT2D eigenvalue weighted by Crippen LogP contribution is 2.28. The van der Waals surface area contributed by atoms with Crippen LogP contribution in [0.4, 0.5) is 0 Å². The summed E-state index contributed by atoms with van der Waals surface area (Å²) in [5.74, 6) is -0.334. The van der Waals surface area contributed by atoms with Gasteiger partial charge in [-0.3, -0.25) is 0 Å². The summed E-state index contributed by atoms with van der Waals surface area (Å²) in [5, 5.41) is 0.664. The summed E-state index contributed by atoms with van der Waals surface area (Å²) in [5.41, 5.74) is 3.33. The van der Waals surface area contributed by atoms with Crippen LogP contribution in [0, 0.1) is 0 Å². The van der Waals surface area contributed by atoms with E-state index in [-0.39, 0.29) is 5.97 Å². The van der Waals surface area contributed by atoms with Crippen LogP contribution >= 0.6 is 11.6 Å². The Morgan fingerprint density at radius 3 is 2.05 bits per heavy atom. The molecule has 0 unspecified atom stereocenters. The summed E-state index contributed by atoms with van der Waals surface area (Å²) >= 11 is 5.92. The van der Waals surface area contributed by atoms with Crippen molar-refractivity contribution in [3.8, 4) is 0 Å². The predicted octanol–water partition coefficient (Wildman–Crippen LogP) is 4.33. The fourth-order valence-corrected chi connectivity index (χ4v) is 2.20. The highest BCUT2D eigenvalue weighted by molar-refractivity contribution is 6.30. The molecule has 102 valence electrons. The molecule has 0 atom stereocenters. The van der Waals surface area contributed by atoms with Gasteiger partial charge in [-0.05, 0) is 35.8 Å². The smallest absolute Gasteiger partial charge is 0.334 e. The van der Waals surface area contributed by atoms with E-state index >= 15 is 0 Å². The van der Waals surface area contributed by atoms with E-state index < -0.39 is 0 Å². The van der Waals surface area contributed by atoms with Gasteiger partial charge in [-0.25, -0.2) is 4.79 Å². The number of esters is 1. The van der Waals surface area contributed by atoms with Gasteiger partial charge in [-0.2, -0.15) is 0 Å². The first-order valence-electron chi connectivity index (χ1n) is 6.24. The number of carbonyl (C=O) groups excluding carboxylic acids is 1. The maximum atomic E-state index is 11.9. The average Bonchev–Trinajstić information content (AvgIpc) is 2.49. The second-order valence-corrected chi connectivity index (χ2v) is 4.80. The Morgan fingerprint density at radius 1 is 0.950 bits per heavy atom. The van der Waals surface area contributed by atoms with Crippen LogP contribution in [0.2, 0.25) is 5.02 Å². The van der Waals surface area contributed by atoms with E-state index in [1.54, 1.807) is 6.92 Å². The third kappa shape index (κ3) is 3.09. The van der Waals surface area contributed by atoms with E-state index in [1.807, 2.05) is 54.6 Å². The molecule has 2 nitrogen and oxygen atoms in total. The third-order valence-corrected chi connectivity index (χ3v) is 3.31. The molecule has 0 aliphatic carbocycles. The lowest BCUT2D eigenvalue weighted by Crippen LogP contribution is -2.05.